The zero-order chi connectivity index (χ0) is 86.3. The van der Waals surface area contributed by atoms with Crippen LogP contribution in [0.3, 0.4) is 0 Å². The minimum Gasteiger partial charge on any atom is -0.393 e. The van der Waals surface area contributed by atoms with Crippen molar-refractivity contribution in [3.8, 4) is 0 Å². The van der Waals surface area contributed by atoms with Crippen LogP contribution >= 0.6 is 0 Å². The number of hydrogen-bond donors (Lipinski definition) is 7. The van der Waals surface area contributed by atoms with Crippen molar-refractivity contribution in [2.24, 2.45) is 0 Å². The smallest absolute Gasteiger partial charge is 0.124 e. The molecular weight excluding hydrogens is 1560 g/mol. The summed E-state index contributed by atoms with van der Waals surface area (Å²) in [7, 11) is 17.1. The molecule has 2 unspecified atom stereocenters. The molecule has 13 atom stereocenters. The number of nitrogens with zero attached hydrogens (tertiary/aromatic N) is 19. The van der Waals surface area contributed by atoms with Gasteiger partial charge in [-0.25, -0.2) is 19.9 Å². The SMILES string of the molecule is CO[C@@H]1C[C@H](c2nc3c(N4CCN(C)CC4)cccc3[nH]2)N(C)[C@H](c2ncccc2C)C1.Cc1cccnc1[C@@H]1CCC[C@H](c2nc3c(N4C5CCC4CNC5)cccc3[nH]2)N1C.Cc1cccnc1[C@@H]1C[C@@H](O)C[C@H](c2nc3c(N4CCN(C)CC4)cccc3[nH]2)N1C.Cc1cccnc1[C@@H]1C[C@H](O)C[C@H](c2nc3c(N4CCN(C)CC4)cccc3[nH]2)N1C. The van der Waals surface area contributed by atoms with E-state index in [0.717, 1.165) is 213 Å². The number of likely N-dealkylation sites (tertiary alicyclic amines) is 4. The van der Waals surface area contributed by atoms with E-state index in [9.17, 15) is 10.2 Å². The Balaban J connectivity index is 0.000000113. The molecule has 8 aromatic heterocycles. The lowest BCUT2D eigenvalue weighted by Gasteiger charge is -2.42. The molecule has 0 saturated carbocycles. The van der Waals surface area contributed by atoms with Crippen LogP contribution in [-0.2, 0) is 4.74 Å². The van der Waals surface area contributed by atoms with Crippen molar-refractivity contribution in [3.05, 3.63) is 214 Å². The van der Waals surface area contributed by atoms with E-state index in [1.54, 1.807) is 0 Å². The molecule has 0 spiro atoms. The fourth-order valence-corrected chi connectivity index (χ4v) is 21.7. The van der Waals surface area contributed by atoms with Gasteiger partial charge in [0.05, 0.1) is 134 Å². The number of imidazole rings is 4. The first-order valence-electron chi connectivity index (χ1n) is 45.9. The second kappa shape index (κ2) is 37.6. The Hall–Kier alpha value is -9.88. The molecule has 21 rings (SSSR count). The van der Waals surface area contributed by atoms with Crippen molar-refractivity contribution in [1.29, 1.82) is 0 Å². The zero-order valence-corrected chi connectivity index (χ0v) is 75.3. The molecule has 4 aromatic carbocycles. The summed E-state index contributed by atoms with van der Waals surface area (Å²) in [5.41, 5.74) is 22.9. The Labute approximate surface area is 736 Å². The average Bonchev–Trinajstić information content (AvgIpc) is 1.66. The highest BCUT2D eigenvalue weighted by atomic mass is 16.5. The Morgan fingerprint density at radius 1 is 0.328 bits per heavy atom. The van der Waals surface area contributed by atoms with Gasteiger partial charge in [0.15, 0.2) is 0 Å². The number of nitrogens with one attached hydrogen (secondary N) is 5. The van der Waals surface area contributed by atoms with E-state index in [-0.39, 0.29) is 54.6 Å². The number of methoxy groups -OCH3 is 1. The third-order valence-corrected chi connectivity index (χ3v) is 29.1. The third kappa shape index (κ3) is 17.9. The topological polar surface area (TPSA) is 264 Å². The number of ether oxygens (including phenoxy) is 1. The van der Waals surface area contributed by atoms with E-state index in [1.807, 2.05) is 56.2 Å². The Morgan fingerprint density at radius 2 is 0.624 bits per heavy atom. The normalized spacial score (nSPS) is 26.6. The van der Waals surface area contributed by atoms with E-state index in [4.69, 9.17) is 34.6 Å². The second-order valence-corrected chi connectivity index (χ2v) is 37.1. The van der Waals surface area contributed by atoms with Gasteiger partial charge in [0, 0.05) is 136 Å². The summed E-state index contributed by atoms with van der Waals surface area (Å²) >= 11 is 0. The summed E-state index contributed by atoms with van der Waals surface area (Å²) in [5, 5.41) is 25.1. The molecule has 125 heavy (non-hydrogen) atoms. The Kier molecular flexibility index (Phi) is 25.8. The first-order valence-corrected chi connectivity index (χ1v) is 45.9. The summed E-state index contributed by atoms with van der Waals surface area (Å²) < 4.78 is 5.88. The van der Waals surface area contributed by atoms with Gasteiger partial charge in [-0.05, 0) is 243 Å². The Morgan fingerprint density at radius 3 is 0.984 bits per heavy atom. The van der Waals surface area contributed by atoms with Crippen LogP contribution in [-0.4, -0.2) is 283 Å². The van der Waals surface area contributed by atoms with Crippen LogP contribution in [0, 0.1) is 27.7 Å². The van der Waals surface area contributed by atoms with E-state index in [2.05, 4.69) is 263 Å². The number of para-hydroxylation sites is 4. The van der Waals surface area contributed by atoms with Crippen LogP contribution in [0.1, 0.15) is 187 Å². The molecule has 0 aliphatic carbocycles. The molecule has 9 aliphatic rings. The molecular formula is C98H130N24O3. The number of aliphatic hydroxyl groups excluding tert-OH is 2. The summed E-state index contributed by atoms with van der Waals surface area (Å²) in [6, 6.07) is 44.7. The van der Waals surface area contributed by atoms with Crippen molar-refractivity contribution < 1.29 is 14.9 Å². The summed E-state index contributed by atoms with van der Waals surface area (Å²) in [5.74, 6) is 3.97. The standard InChI is InChI=1S/C25H34N6O.C25H32N6.2C24H32N6O/c1-17-7-6-10-26-23(17)21-15-18(32-4)16-22(30(21)3)25-27-19-8-5-9-20(24(19)28-25)31-13-11-29(2)12-14-31;1-16-6-5-13-27-23(16)20-8-4-10-22(30(20)2)25-28-19-7-3-9-21(24(19)29-25)31-17-11-12-18(31)15-26-14-17;2*1-16-6-5-9-25-22(16)20-14-17(31)15-21(29(20)3)24-26-18-7-4-8-19(23(18)27-24)30-12-10-28(2)11-13-30/h5-10,18,21-22H,11-16H2,1-4H3,(H,27,28);3,5-7,9,13,17-18,20,22,26H,4,8,10-12,14-15H2,1-2H3,(H,28,29);2*4-9,17,20-21,31H,10-15H2,1-3H3,(H,26,27)/t18-,21-,22+;17?,18?,20-,22+;17-,20+,21-;17-,20-,21+/m0010/s1. The number of fused-ring (bicyclic) bond motifs is 6. The third-order valence-electron chi connectivity index (χ3n) is 29.1. The van der Waals surface area contributed by atoms with Gasteiger partial charge in [0.25, 0.3) is 0 Å². The van der Waals surface area contributed by atoms with Crippen LogP contribution in [0.15, 0.2) is 146 Å². The van der Waals surface area contributed by atoms with Crippen LogP contribution in [0.2, 0.25) is 0 Å². The predicted molar refractivity (Wildman–Crippen MR) is 499 cm³/mol. The lowest BCUT2D eigenvalue weighted by atomic mass is 9.89. The number of likely N-dealkylation sites (N-methyl/N-ethyl adjacent to an activating group) is 3. The molecule has 7 N–H and O–H groups in total. The number of aromatic amines is 4. The molecule has 9 saturated heterocycles. The minimum atomic E-state index is -0.377. The minimum absolute atomic E-state index is 0.0166. The van der Waals surface area contributed by atoms with Crippen molar-refractivity contribution in [2.75, 3.05) is 168 Å². The molecule has 0 radical (unpaired) electrons. The lowest BCUT2D eigenvalue weighted by Crippen LogP contribution is -2.52. The highest BCUT2D eigenvalue weighted by Crippen LogP contribution is 2.48. The lowest BCUT2D eigenvalue weighted by molar-refractivity contribution is -0.0156. The van der Waals surface area contributed by atoms with Gasteiger partial charge in [-0.2, -0.15) is 0 Å². The molecule has 9 fully saturated rings. The van der Waals surface area contributed by atoms with Gasteiger partial charge < -0.3 is 74.5 Å². The maximum Gasteiger partial charge on any atom is 0.124 e. The maximum atomic E-state index is 10.7. The monoisotopic (exact) mass is 1690 g/mol. The first-order chi connectivity index (χ1) is 60.8. The van der Waals surface area contributed by atoms with E-state index < -0.39 is 0 Å². The summed E-state index contributed by atoms with van der Waals surface area (Å²) in [6.07, 6.45) is 17.5. The van der Waals surface area contributed by atoms with Gasteiger partial charge in [-0.15, -0.1) is 0 Å². The van der Waals surface area contributed by atoms with Crippen LogP contribution in [0.5, 0.6) is 0 Å². The van der Waals surface area contributed by atoms with Crippen LogP contribution in [0.25, 0.3) is 44.1 Å². The summed E-state index contributed by atoms with van der Waals surface area (Å²) in [6.45, 7) is 23.2. The molecule has 17 heterocycles. The fourth-order valence-electron chi connectivity index (χ4n) is 21.7. The van der Waals surface area contributed by atoms with Crippen LogP contribution < -0.4 is 24.9 Å². The Bertz CT molecular complexity index is 5460. The molecule has 12 aromatic rings. The summed E-state index contributed by atoms with van der Waals surface area (Å²) in [4.78, 5) is 80.5. The number of aryl methyl sites for hydroxylation is 4. The largest absolute Gasteiger partial charge is 0.393 e. The number of aliphatic hydroxyl groups is 2. The number of rotatable bonds is 13. The van der Waals surface area contributed by atoms with Crippen molar-refractivity contribution in [3.63, 3.8) is 0 Å². The molecule has 27 heteroatoms. The molecule has 660 valence electrons. The molecule has 9 aliphatic heterocycles. The molecule has 27 nitrogen and oxygen atoms in total. The van der Waals surface area contributed by atoms with Gasteiger partial charge in [-0.1, -0.05) is 48.5 Å². The van der Waals surface area contributed by atoms with Crippen LogP contribution in [0.4, 0.5) is 22.7 Å². The maximum absolute atomic E-state index is 10.7. The highest BCUT2D eigenvalue weighted by Gasteiger charge is 2.43. The van der Waals surface area contributed by atoms with Crippen molar-refractivity contribution >= 4 is 66.9 Å². The van der Waals surface area contributed by atoms with E-state index >= 15 is 0 Å². The number of pyridine rings is 4. The predicted octanol–water partition coefficient (Wildman–Crippen LogP) is 13.4. The van der Waals surface area contributed by atoms with E-state index in [0.29, 0.717) is 49.9 Å². The number of aromatic nitrogens is 12. The number of piperazine rings is 4. The number of H-pyrrole nitrogens is 4. The van der Waals surface area contributed by atoms with Gasteiger partial charge in [-0.3, -0.25) is 39.5 Å². The second-order valence-electron chi connectivity index (χ2n) is 37.1. The number of anilines is 4. The van der Waals surface area contributed by atoms with Gasteiger partial charge >= 0.3 is 0 Å². The fraction of sp³-hybridized carbons (Fsp3) is 0.510. The average molecular weight is 1690 g/mol. The molecule has 2 bridgehead atoms. The first kappa shape index (κ1) is 85.9. The molecule has 0 amide bonds. The number of benzene rings is 4. The zero-order valence-electron chi connectivity index (χ0n) is 75.3. The van der Waals surface area contributed by atoms with Gasteiger partial charge in [0.1, 0.15) is 45.4 Å². The highest BCUT2D eigenvalue weighted by molar-refractivity contribution is 5.92. The number of piperidine rings is 4. The van der Waals surface area contributed by atoms with Gasteiger partial charge in [0.2, 0.25) is 0 Å². The number of hydrogen-bond acceptors (Lipinski definition) is 23. The quantitative estimate of drug-likeness (QED) is 0.0566. The van der Waals surface area contributed by atoms with Crippen molar-refractivity contribution in [1.82, 2.24) is 99.4 Å². The van der Waals surface area contributed by atoms with E-state index in [1.165, 1.54) is 58.8 Å². The van der Waals surface area contributed by atoms with Crippen molar-refractivity contribution in [2.45, 2.75) is 177 Å².